The molecule has 0 amide bonds. The van der Waals surface area contributed by atoms with Crippen LogP contribution in [0.25, 0.3) is 0 Å². The van der Waals surface area contributed by atoms with Gasteiger partial charge in [-0.2, -0.15) is 0 Å². The van der Waals surface area contributed by atoms with Crippen LogP contribution in [-0.2, 0) is 9.53 Å². The summed E-state index contributed by atoms with van der Waals surface area (Å²) < 4.78 is 7.33. The topological polar surface area (TPSA) is 46.5 Å². The van der Waals surface area contributed by atoms with E-state index in [0.717, 1.165) is 20.1 Å². The Morgan fingerprint density at radius 3 is 2.52 bits per heavy atom. The van der Waals surface area contributed by atoms with Crippen LogP contribution < -0.4 is 0 Å². The van der Waals surface area contributed by atoms with Gasteiger partial charge in [0.2, 0.25) is 0 Å². The molecular formula is C17H24O3Te. The molecule has 0 saturated carbocycles. The van der Waals surface area contributed by atoms with Crippen LogP contribution in [-0.4, -0.2) is 38.6 Å². The molecule has 0 aliphatic heterocycles. The van der Waals surface area contributed by atoms with Gasteiger partial charge in [-0.05, 0) is 0 Å². The van der Waals surface area contributed by atoms with Gasteiger partial charge in [-0.3, -0.25) is 0 Å². The van der Waals surface area contributed by atoms with Gasteiger partial charge >= 0.3 is 137 Å². The number of ether oxygens (including phenoxy) is 1. The summed E-state index contributed by atoms with van der Waals surface area (Å²) in [6.45, 7) is 6.24. The number of unbranched alkanes of at least 4 members (excludes halogenated alkanes) is 1. The standard InChI is InChI=1S/C17H24O3Te/c1-4-6-12-21-13(3)15(17(19)20-5-2)16(18)14-10-8-7-9-11-14/h7-11,16,18H,4-6,12H2,1-3H3/b15-13-. The number of benzene rings is 1. The first kappa shape index (κ1) is 18.2. The predicted octanol–water partition coefficient (Wildman–Crippen LogP) is 3.48. The molecule has 1 aromatic rings. The van der Waals surface area contributed by atoms with E-state index in [1.165, 1.54) is 6.42 Å². The molecule has 0 spiro atoms. The number of rotatable bonds is 8. The van der Waals surface area contributed by atoms with Gasteiger partial charge in [0.15, 0.2) is 0 Å². The number of hydrogen-bond acceptors (Lipinski definition) is 3. The van der Waals surface area contributed by atoms with Crippen LogP contribution in [0.2, 0.25) is 4.47 Å². The molecule has 0 bridgehead atoms. The second kappa shape index (κ2) is 10.00. The van der Waals surface area contributed by atoms with Crippen LogP contribution in [0.4, 0.5) is 0 Å². The molecular weight excluding hydrogens is 380 g/mol. The van der Waals surface area contributed by atoms with E-state index in [1.54, 1.807) is 6.92 Å². The van der Waals surface area contributed by atoms with Crippen molar-refractivity contribution in [3.05, 3.63) is 45.1 Å². The number of aliphatic hydroxyl groups is 1. The van der Waals surface area contributed by atoms with Gasteiger partial charge in [0.25, 0.3) is 0 Å². The monoisotopic (exact) mass is 406 g/mol. The van der Waals surface area contributed by atoms with Crippen LogP contribution >= 0.6 is 0 Å². The third-order valence-corrected chi connectivity index (χ3v) is 6.35. The molecule has 1 rings (SSSR count). The summed E-state index contributed by atoms with van der Waals surface area (Å²) in [6, 6.07) is 9.30. The zero-order valence-electron chi connectivity index (χ0n) is 13.0. The molecule has 116 valence electrons. The minimum absolute atomic E-state index is 0.326. The molecule has 0 radical (unpaired) electrons. The molecule has 4 heteroatoms. The van der Waals surface area contributed by atoms with Crippen molar-refractivity contribution in [3.8, 4) is 0 Å². The molecule has 1 unspecified atom stereocenters. The molecule has 0 aromatic heterocycles. The Morgan fingerprint density at radius 2 is 1.95 bits per heavy atom. The molecule has 1 N–H and O–H groups in total. The summed E-state index contributed by atoms with van der Waals surface area (Å²) in [6.07, 6.45) is 1.45. The Kier molecular flexibility index (Phi) is 8.68. The number of allylic oxidation sites excluding steroid dienone is 1. The van der Waals surface area contributed by atoms with Crippen LogP contribution in [0.15, 0.2) is 39.5 Å². The first-order chi connectivity index (χ1) is 10.1. The molecule has 3 nitrogen and oxygen atoms in total. The van der Waals surface area contributed by atoms with Gasteiger partial charge in [0, 0.05) is 0 Å². The van der Waals surface area contributed by atoms with Gasteiger partial charge in [0.1, 0.15) is 0 Å². The van der Waals surface area contributed by atoms with E-state index in [1.807, 2.05) is 37.3 Å². The van der Waals surface area contributed by atoms with E-state index in [9.17, 15) is 9.90 Å². The van der Waals surface area contributed by atoms with Crippen molar-refractivity contribution in [2.24, 2.45) is 0 Å². The first-order valence-electron chi connectivity index (χ1n) is 7.35. The Bertz CT molecular complexity index is 468. The number of esters is 1. The van der Waals surface area contributed by atoms with Crippen LogP contribution in [0.3, 0.4) is 0 Å². The number of carbonyl (C=O) groups excluding carboxylic acids is 1. The van der Waals surface area contributed by atoms with Crippen molar-refractivity contribution >= 4 is 26.9 Å². The Hall–Kier alpha value is -0.820. The van der Waals surface area contributed by atoms with E-state index >= 15 is 0 Å². The zero-order valence-corrected chi connectivity index (χ0v) is 15.3. The molecule has 0 fully saturated rings. The van der Waals surface area contributed by atoms with Crippen molar-refractivity contribution in [2.75, 3.05) is 6.61 Å². The number of carbonyl (C=O) groups is 1. The third-order valence-electron chi connectivity index (χ3n) is 3.08. The molecule has 0 heterocycles. The maximum atomic E-state index is 12.2. The minimum atomic E-state index is -0.892. The zero-order chi connectivity index (χ0) is 15.7. The Balaban J connectivity index is 3.01. The molecule has 0 aliphatic rings. The summed E-state index contributed by atoms with van der Waals surface area (Å²) >= 11 is -0.427. The molecule has 0 aliphatic carbocycles. The Morgan fingerprint density at radius 1 is 1.29 bits per heavy atom. The summed E-state index contributed by atoms with van der Waals surface area (Å²) in [5.41, 5.74) is 1.18. The van der Waals surface area contributed by atoms with Gasteiger partial charge in [0.05, 0.1) is 0 Å². The summed E-state index contributed by atoms with van der Waals surface area (Å²) in [5, 5.41) is 10.6. The second-order valence-corrected chi connectivity index (χ2v) is 8.44. The number of aliphatic hydroxyl groups excluding tert-OH is 1. The summed E-state index contributed by atoms with van der Waals surface area (Å²) in [7, 11) is 0. The van der Waals surface area contributed by atoms with E-state index in [4.69, 9.17) is 4.74 Å². The molecule has 21 heavy (non-hydrogen) atoms. The van der Waals surface area contributed by atoms with Crippen LogP contribution in [0.5, 0.6) is 0 Å². The average molecular weight is 404 g/mol. The quantitative estimate of drug-likeness (QED) is 0.313. The average Bonchev–Trinajstić information content (AvgIpc) is 2.49. The fourth-order valence-corrected chi connectivity index (χ4v) is 5.02. The molecule has 1 atom stereocenters. The fraction of sp³-hybridized carbons (Fsp3) is 0.471. The molecule has 0 saturated heterocycles. The van der Waals surface area contributed by atoms with Gasteiger partial charge < -0.3 is 0 Å². The van der Waals surface area contributed by atoms with Crippen molar-refractivity contribution in [1.29, 1.82) is 0 Å². The summed E-state index contributed by atoms with van der Waals surface area (Å²) in [4.78, 5) is 12.2. The van der Waals surface area contributed by atoms with Crippen LogP contribution in [0.1, 0.15) is 45.3 Å². The third kappa shape index (κ3) is 5.82. The van der Waals surface area contributed by atoms with E-state index in [0.29, 0.717) is 12.2 Å². The van der Waals surface area contributed by atoms with Gasteiger partial charge in [-0.1, -0.05) is 0 Å². The number of hydrogen-bond donors (Lipinski definition) is 1. The predicted molar refractivity (Wildman–Crippen MR) is 86.2 cm³/mol. The molecule has 1 aromatic carbocycles. The second-order valence-electron chi connectivity index (χ2n) is 4.71. The maximum absolute atomic E-state index is 12.2. The fourth-order valence-electron chi connectivity index (χ4n) is 1.91. The SMILES string of the molecule is CCCC[Te]/C(C)=C(\C(=O)OCC)C(O)c1ccccc1. The van der Waals surface area contributed by atoms with E-state index in [-0.39, 0.29) is 5.97 Å². The summed E-state index contributed by atoms with van der Waals surface area (Å²) in [5.74, 6) is -0.382. The van der Waals surface area contributed by atoms with E-state index in [2.05, 4.69) is 6.92 Å². The van der Waals surface area contributed by atoms with Crippen LogP contribution in [0, 0.1) is 0 Å². The first-order valence-corrected chi connectivity index (χ1v) is 10.2. The van der Waals surface area contributed by atoms with Gasteiger partial charge in [-0.15, -0.1) is 0 Å². The van der Waals surface area contributed by atoms with Crippen molar-refractivity contribution in [1.82, 2.24) is 0 Å². The van der Waals surface area contributed by atoms with Crippen molar-refractivity contribution < 1.29 is 14.6 Å². The van der Waals surface area contributed by atoms with E-state index < -0.39 is 27.0 Å². The normalized spacial score (nSPS) is 13.5. The van der Waals surface area contributed by atoms with Gasteiger partial charge in [-0.25, -0.2) is 0 Å². The van der Waals surface area contributed by atoms with Crippen molar-refractivity contribution in [3.63, 3.8) is 0 Å². The van der Waals surface area contributed by atoms with Crippen molar-refractivity contribution in [2.45, 2.75) is 44.2 Å². The Labute approximate surface area is 137 Å².